The molecule has 0 aliphatic heterocycles. The van der Waals surface area contributed by atoms with Crippen LogP contribution in [0.2, 0.25) is 0 Å². The summed E-state index contributed by atoms with van der Waals surface area (Å²) in [6, 6.07) is 12.9. The normalized spacial score (nSPS) is 17.6. The molecule has 0 aromatic heterocycles. The molecule has 2 aromatic carbocycles. The van der Waals surface area contributed by atoms with Crippen molar-refractivity contribution >= 4 is 9.84 Å². The molecule has 2 nitrogen and oxygen atoms in total. The van der Waals surface area contributed by atoms with Crippen LogP contribution in [-0.4, -0.2) is 14.2 Å². The average molecular weight is 276 g/mol. The van der Waals surface area contributed by atoms with E-state index in [1.807, 2.05) is 24.3 Å². The monoisotopic (exact) mass is 276 g/mol. The fourth-order valence-electron chi connectivity index (χ4n) is 2.51. The number of benzene rings is 2. The van der Waals surface area contributed by atoms with Gasteiger partial charge in [0.2, 0.25) is 0 Å². The first-order valence-electron chi connectivity index (χ1n) is 6.12. The minimum atomic E-state index is -3.35. The van der Waals surface area contributed by atoms with E-state index in [1.54, 1.807) is 0 Å². The molecule has 0 heterocycles. The lowest BCUT2D eigenvalue weighted by atomic mass is 9.79. The van der Waals surface area contributed by atoms with E-state index >= 15 is 0 Å². The highest BCUT2D eigenvalue weighted by atomic mass is 32.2. The van der Waals surface area contributed by atoms with Crippen LogP contribution < -0.4 is 0 Å². The highest BCUT2D eigenvalue weighted by Crippen LogP contribution is 2.36. The lowest BCUT2D eigenvalue weighted by Crippen LogP contribution is -2.25. The fourth-order valence-corrected chi connectivity index (χ4v) is 4.08. The van der Waals surface area contributed by atoms with Crippen molar-refractivity contribution in [1.29, 1.82) is 0 Å². The van der Waals surface area contributed by atoms with Gasteiger partial charge in [0.15, 0.2) is 9.84 Å². The molecule has 2 aromatic rings. The van der Waals surface area contributed by atoms with Crippen LogP contribution in [-0.2, 0) is 16.3 Å². The Hall–Kier alpha value is -1.68. The van der Waals surface area contributed by atoms with Gasteiger partial charge in [-0.2, -0.15) is 0 Å². The minimum Gasteiger partial charge on any atom is -0.224 e. The lowest BCUT2D eigenvalue weighted by molar-refractivity contribution is 0.576. The third-order valence-corrected chi connectivity index (χ3v) is 5.39. The predicted molar refractivity (Wildman–Crippen MR) is 71.3 cm³/mol. The van der Waals surface area contributed by atoms with Crippen LogP contribution >= 0.6 is 0 Å². The molecule has 0 amide bonds. The quantitative estimate of drug-likeness (QED) is 0.808. The van der Waals surface area contributed by atoms with Gasteiger partial charge in [0, 0.05) is 5.92 Å². The van der Waals surface area contributed by atoms with Crippen LogP contribution in [0, 0.1) is 5.82 Å². The van der Waals surface area contributed by atoms with Crippen molar-refractivity contribution in [3.05, 3.63) is 65.5 Å². The van der Waals surface area contributed by atoms with Crippen molar-refractivity contribution in [3.8, 4) is 0 Å². The van der Waals surface area contributed by atoms with Crippen molar-refractivity contribution in [3.63, 3.8) is 0 Å². The van der Waals surface area contributed by atoms with Gasteiger partial charge in [-0.25, -0.2) is 12.8 Å². The fraction of sp³-hybridized carbons (Fsp3) is 0.200. The molecule has 4 heteroatoms. The van der Waals surface area contributed by atoms with Gasteiger partial charge >= 0.3 is 0 Å². The van der Waals surface area contributed by atoms with Crippen LogP contribution in [0.5, 0.6) is 0 Å². The summed E-state index contributed by atoms with van der Waals surface area (Å²) in [6.45, 7) is 0. The molecule has 1 atom stereocenters. The Kier molecular flexibility index (Phi) is 2.90. The summed E-state index contributed by atoms with van der Waals surface area (Å²) in [5.74, 6) is -0.269. The summed E-state index contributed by atoms with van der Waals surface area (Å²) in [5, 5.41) is 0. The first kappa shape index (κ1) is 12.4. The average Bonchev–Trinajstić information content (AvgIpc) is 2.37. The van der Waals surface area contributed by atoms with E-state index in [4.69, 9.17) is 0 Å². The number of rotatable bonds is 3. The second-order valence-corrected chi connectivity index (χ2v) is 6.87. The highest BCUT2D eigenvalue weighted by Gasteiger charge is 2.30. The first-order valence-corrected chi connectivity index (χ1v) is 7.77. The van der Waals surface area contributed by atoms with E-state index in [1.165, 1.54) is 29.8 Å². The molecule has 1 unspecified atom stereocenters. The third kappa shape index (κ3) is 2.28. The minimum absolute atomic E-state index is 0.0613. The Bertz CT molecular complexity index is 705. The third-order valence-electron chi connectivity index (χ3n) is 3.55. The molecule has 1 aliphatic carbocycles. The van der Waals surface area contributed by atoms with Crippen molar-refractivity contribution in [2.45, 2.75) is 17.2 Å². The molecule has 19 heavy (non-hydrogen) atoms. The van der Waals surface area contributed by atoms with E-state index in [0.29, 0.717) is 0 Å². The second-order valence-electron chi connectivity index (χ2n) is 4.84. The smallest absolute Gasteiger partial charge is 0.178 e. The van der Waals surface area contributed by atoms with Gasteiger partial charge in [-0.3, -0.25) is 0 Å². The molecular formula is C15H13FO2S. The number of hydrogen-bond donors (Lipinski definition) is 0. The Morgan fingerprint density at radius 2 is 1.74 bits per heavy atom. The van der Waals surface area contributed by atoms with E-state index in [9.17, 15) is 12.8 Å². The zero-order chi connectivity index (χ0) is 13.5. The van der Waals surface area contributed by atoms with E-state index in [0.717, 1.165) is 12.0 Å². The van der Waals surface area contributed by atoms with E-state index in [2.05, 4.69) is 0 Å². The van der Waals surface area contributed by atoms with Gasteiger partial charge < -0.3 is 0 Å². The number of halogens is 1. The largest absolute Gasteiger partial charge is 0.224 e. The Labute approximate surface area is 111 Å². The number of sulfone groups is 1. The first-order chi connectivity index (χ1) is 9.06. The molecule has 0 saturated heterocycles. The summed E-state index contributed by atoms with van der Waals surface area (Å²) >= 11 is 0. The summed E-state index contributed by atoms with van der Waals surface area (Å²) in [5.41, 5.74) is 2.34. The van der Waals surface area contributed by atoms with Crippen molar-refractivity contribution in [2.75, 3.05) is 5.75 Å². The molecule has 98 valence electrons. The van der Waals surface area contributed by atoms with Gasteiger partial charge in [-0.05, 0) is 41.8 Å². The summed E-state index contributed by atoms with van der Waals surface area (Å²) in [7, 11) is -3.35. The topological polar surface area (TPSA) is 34.1 Å². The molecule has 0 spiro atoms. The zero-order valence-corrected chi connectivity index (χ0v) is 11.0. The highest BCUT2D eigenvalue weighted by molar-refractivity contribution is 7.91. The van der Waals surface area contributed by atoms with Crippen molar-refractivity contribution < 1.29 is 12.8 Å². The predicted octanol–water partition coefficient (Wildman–Crippen LogP) is 2.94. The van der Waals surface area contributed by atoms with Crippen molar-refractivity contribution in [2.24, 2.45) is 0 Å². The second kappa shape index (κ2) is 4.46. The molecule has 1 aliphatic rings. The molecule has 0 N–H and O–H groups in total. The van der Waals surface area contributed by atoms with Gasteiger partial charge in [0.1, 0.15) is 5.82 Å². The number of hydrogen-bond acceptors (Lipinski definition) is 2. The molecule has 0 radical (unpaired) electrons. The van der Waals surface area contributed by atoms with Gasteiger partial charge in [-0.1, -0.05) is 24.3 Å². The van der Waals surface area contributed by atoms with Crippen LogP contribution in [0.1, 0.15) is 17.0 Å². The van der Waals surface area contributed by atoms with Crippen LogP contribution in [0.15, 0.2) is 53.4 Å². The van der Waals surface area contributed by atoms with E-state index < -0.39 is 15.7 Å². The Balaban J connectivity index is 1.83. The molecule has 0 bridgehead atoms. The maximum absolute atomic E-state index is 12.8. The molecular weight excluding hydrogens is 263 g/mol. The van der Waals surface area contributed by atoms with Crippen LogP contribution in [0.4, 0.5) is 4.39 Å². The lowest BCUT2D eigenvalue weighted by Gasteiger charge is -2.29. The SMILES string of the molecule is O=S(=O)(CC1Cc2ccccc21)c1ccc(F)cc1. The summed E-state index contributed by atoms with van der Waals surface area (Å²) < 4.78 is 37.3. The van der Waals surface area contributed by atoms with Crippen molar-refractivity contribution in [1.82, 2.24) is 0 Å². The maximum Gasteiger partial charge on any atom is 0.178 e. The van der Waals surface area contributed by atoms with Crippen LogP contribution in [0.3, 0.4) is 0 Å². The summed E-state index contributed by atoms with van der Waals surface area (Å²) in [6.07, 6.45) is 0.802. The standard InChI is InChI=1S/C15H13FO2S/c16-13-5-7-14(8-6-13)19(17,18)10-12-9-11-3-1-2-4-15(11)12/h1-8,12H,9-10H2. The summed E-state index contributed by atoms with van der Waals surface area (Å²) in [4.78, 5) is 0.193. The number of fused-ring (bicyclic) bond motifs is 1. The van der Waals surface area contributed by atoms with Gasteiger partial charge in [0.25, 0.3) is 0 Å². The van der Waals surface area contributed by atoms with Crippen LogP contribution in [0.25, 0.3) is 0 Å². The Morgan fingerprint density at radius 1 is 1.05 bits per heavy atom. The molecule has 0 saturated carbocycles. The van der Waals surface area contributed by atoms with Gasteiger partial charge in [-0.15, -0.1) is 0 Å². The zero-order valence-electron chi connectivity index (χ0n) is 10.2. The van der Waals surface area contributed by atoms with Gasteiger partial charge in [0.05, 0.1) is 10.6 Å². The van der Waals surface area contributed by atoms with E-state index in [-0.39, 0.29) is 16.6 Å². The Morgan fingerprint density at radius 3 is 2.42 bits per heavy atom. The molecule has 0 fully saturated rings. The molecule has 3 rings (SSSR count). The maximum atomic E-state index is 12.8.